The first-order chi connectivity index (χ1) is 10.1. The van der Waals surface area contributed by atoms with E-state index in [9.17, 15) is 4.79 Å². The quantitative estimate of drug-likeness (QED) is 0.263. The Kier molecular flexibility index (Phi) is 5.37. The minimum absolute atomic E-state index is 0.242. The Morgan fingerprint density at radius 2 is 1.86 bits per heavy atom. The molecule has 0 aliphatic heterocycles. The molecule has 0 unspecified atom stereocenters. The van der Waals surface area contributed by atoms with Gasteiger partial charge in [-0.2, -0.15) is 0 Å². The summed E-state index contributed by atoms with van der Waals surface area (Å²) in [7, 11) is 3.16. The van der Waals surface area contributed by atoms with Crippen LogP contribution in [0, 0.1) is 4.77 Å². The molecule has 0 saturated heterocycles. The van der Waals surface area contributed by atoms with Gasteiger partial charge in [-0.3, -0.25) is 0 Å². The van der Waals surface area contributed by atoms with Crippen LogP contribution in [0.3, 0.4) is 0 Å². The Bertz CT molecular complexity index is 735. The molecule has 2 rings (SSSR count). The molecule has 0 amide bonds. The van der Waals surface area contributed by atoms with E-state index in [-0.39, 0.29) is 5.56 Å². The molecule has 0 aliphatic carbocycles. The van der Waals surface area contributed by atoms with Crippen molar-refractivity contribution in [2.24, 2.45) is 5.73 Å². The van der Waals surface area contributed by atoms with E-state index in [4.69, 9.17) is 27.4 Å². The number of halogens is 1. The van der Waals surface area contributed by atoms with Gasteiger partial charge in [-0.15, -0.1) is 0 Å². The molecule has 114 valence electrons. The first kappa shape index (κ1) is 16.0. The van der Waals surface area contributed by atoms with Crippen LogP contribution in [0.15, 0.2) is 29.1 Å². The zero-order valence-corrected chi connectivity index (χ0v) is 14.5. The van der Waals surface area contributed by atoms with Crippen molar-refractivity contribution in [1.29, 1.82) is 0 Å². The molecule has 0 spiro atoms. The average molecular weight is 420 g/mol. The van der Waals surface area contributed by atoms with Crippen molar-refractivity contribution in [1.82, 2.24) is 7.76 Å². The Hall–Kier alpha value is -1.39. The molecule has 0 radical (unpaired) electrons. The van der Waals surface area contributed by atoms with Gasteiger partial charge in [0, 0.05) is 0 Å². The van der Waals surface area contributed by atoms with Gasteiger partial charge in [0.1, 0.15) is 0 Å². The number of H-pyrrole nitrogens is 1. The van der Waals surface area contributed by atoms with Crippen LogP contribution in [0.25, 0.3) is 11.3 Å². The molecule has 0 saturated carbocycles. The first-order valence-corrected chi connectivity index (χ1v) is 8.88. The third-order valence-corrected chi connectivity index (χ3v) is 5.41. The van der Waals surface area contributed by atoms with Crippen LogP contribution in [0.4, 0.5) is 0 Å². The molecule has 0 aliphatic rings. The third-order valence-electron chi connectivity index (χ3n) is 2.72. The summed E-state index contributed by atoms with van der Waals surface area (Å²) in [5.74, 6) is 1.29. The second kappa shape index (κ2) is 7.05. The van der Waals surface area contributed by atoms with Gasteiger partial charge >= 0.3 is 138 Å². The van der Waals surface area contributed by atoms with Crippen molar-refractivity contribution in [2.45, 2.75) is 0 Å². The normalized spacial score (nSPS) is 10.6. The van der Waals surface area contributed by atoms with Crippen LogP contribution < -0.4 is 42.2 Å². The van der Waals surface area contributed by atoms with Crippen molar-refractivity contribution in [2.75, 3.05) is 18.8 Å². The number of methoxy groups -OCH3 is 2. The number of hydrogen-bond acceptors (Lipinski definition) is 5. The Labute approximate surface area is 137 Å². The topological polar surface area (TPSA) is 82.3 Å². The van der Waals surface area contributed by atoms with Crippen molar-refractivity contribution in [3.63, 3.8) is 0 Å². The summed E-state index contributed by atoms with van der Waals surface area (Å²) < 4.78 is 13.3. The summed E-state index contributed by atoms with van der Waals surface area (Å²) in [5.41, 5.74) is 6.95. The number of hydrogen-bond donors (Lipinski definition) is 2. The monoisotopic (exact) mass is 420 g/mol. The maximum absolute atomic E-state index is 11.7. The summed E-state index contributed by atoms with van der Waals surface area (Å²) >= 11 is 4.69. The third kappa shape index (κ3) is 3.63. The number of alkyl halides is 1. The zero-order chi connectivity index (χ0) is 15.4. The molecule has 0 atom stereocenters. The van der Waals surface area contributed by atoms with Crippen molar-refractivity contribution >= 4 is 12.2 Å². The van der Waals surface area contributed by atoms with E-state index >= 15 is 0 Å². The average Bonchev–Trinajstić information content (AvgIpc) is 2.49. The summed E-state index contributed by atoms with van der Waals surface area (Å²) in [4.78, 5) is 14.4. The van der Waals surface area contributed by atoms with Gasteiger partial charge in [0.2, 0.25) is 0 Å². The van der Waals surface area contributed by atoms with Gasteiger partial charge in [-0.25, -0.2) is 0 Å². The Morgan fingerprint density at radius 3 is 2.38 bits per heavy atom. The van der Waals surface area contributed by atoms with Crippen LogP contribution in [-0.4, -0.2) is 26.5 Å². The van der Waals surface area contributed by atoms with Crippen LogP contribution >= 0.6 is 12.2 Å². The van der Waals surface area contributed by atoms with Crippen LogP contribution in [0.5, 0.6) is 11.5 Å². The molecule has 1 aromatic heterocycles. The molecule has 1 heterocycles. The second-order valence-corrected chi connectivity index (χ2v) is 6.89. The maximum atomic E-state index is 11.7. The van der Waals surface area contributed by atoms with Crippen molar-refractivity contribution in [3.05, 3.63) is 39.4 Å². The van der Waals surface area contributed by atoms with Gasteiger partial charge < -0.3 is 0 Å². The zero-order valence-electron chi connectivity index (χ0n) is 11.6. The first-order valence-electron chi connectivity index (χ1n) is 5.98. The van der Waals surface area contributed by atoms with Gasteiger partial charge in [-0.1, -0.05) is 0 Å². The Balaban J connectivity index is 2.70. The van der Waals surface area contributed by atoms with Crippen LogP contribution in [-0.2, 0) is 0 Å². The van der Waals surface area contributed by atoms with Gasteiger partial charge in [-0.05, 0) is 0 Å². The summed E-state index contributed by atoms with van der Waals surface area (Å²) in [6.45, 7) is 0. The van der Waals surface area contributed by atoms with Crippen molar-refractivity contribution < 1.29 is 31.0 Å². The van der Waals surface area contributed by atoms with Gasteiger partial charge in [0.15, 0.2) is 0 Å². The molecular formula is C13H15IN3O3S-. The molecule has 21 heavy (non-hydrogen) atoms. The number of nitrogens with one attached hydrogen (secondary N) is 1. The fraction of sp³-hybridized carbons (Fsp3) is 0.231. The fourth-order valence-electron chi connectivity index (χ4n) is 1.82. The van der Waals surface area contributed by atoms with E-state index in [1.54, 1.807) is 20.3 Å². The van der Waals surface area contributed by atoms with E-state index in [1.165, 1.54) is 6.07 Å². The summed E-state index contributed by atoms with van der Waals surface area (Å²) in [6, 6.07) is 6.96. The fourth-order valence-corrected chi connectivity index (χ4v) is 3.96. The molecule has 8 heteroatoms. The SMILES string of the molecule is COc1cc(OC)cc(-c2cc(=O)[nH]c(=S)n2[I-]CN)c1. The number of aromatic nitrogens is 2. The number of benzene rings is 1. The van der Waals surface area contributed by atoms with E-state index < -0.39 is 21.5 Å². The molecule has 6 nitrogen and oxygen atoms in total. The number of ether oxygens (including phenoxy) is 2. The second-order valence-electron chi connectivity index (χ2n) is 3.98. The minimum atomic E-state index is -0.542. The number of rotatable bonds is 5. The molecule has 2 aromatic rings. The molecule has 0 fully saturated rings. The van der Waals surface area contributed by atoms with Crippen molar-refractivity contribution in [3.8, 4) is 22.8 Å². The molecule has 0 bridgehead atoms. The van der Waals surface area contributed by atoms with E-state index in [0.29, 0.717) is 20.8 Å². The van der Waals surface area contributed by atoms with Crippen LogP contribution in [0.2, 0.25) is 0 Å². The Morgan fingerprint density at radius 1 is 1.24 bits per heavy atom. The molecular weight excluding hydrogens is 405 g/mol. The van der Waals surface area contributed by atoms with Gasteiger partial charge in [0.25, 0.3) is 0 Å². The van der Waals surface area contributed by atoms with Crippen LogP contribution in [0.1, 0.15) is 0 Å². The standard InChI is InChI=1S/C13H15IN3O3S/c1-19-9-3-8(4-10(5-9)20-2)11-6-12(18)16-13(21)17(11)14-7-15/h3-6H,7,15H2,1-2H3,(H,16,18,21)/q-1. The number of nitrogens with zero attached hydrogens (tertiary/aromatic N) is 1. The van der Waals surface area contributed by atoms with Gasteiger partial charge in [0.05, 0.1) is 0 Å². The predicted octanol–water partition coefficient (Wildman–Crippen LogP) is -1.64. The number of aromatic amines is 1. The molecule has 3 N–H and O–H groups in total. The van der Waals surface area contributed by atoms with E-state index in [1.807, 2.05) is 14.9 Å². The number of nitrogens with two attached hydrogens (primary N) is 1. The summed E-state index contributed by atoms with van der Waals surface area (Å²) in [6.07, 6.45) is 0. The predicted molar refractivity (Wildman–Crippen MR) is 78.9 cm³/mol. The molecule has 1 aromatic carbocycles. The van der Waals surface area contributed by atoms with E-state index in [0.717, 1.165) is 11.3 Å². The van der Waals surface area contributed by atoms with E-state index in [2.05, 4.69) is 4.98 Å². The summed E-state index contributed by atoms with van der Waals surface area (Å²) in [5, 5.41) is 0.